The van der Waals surface area contributed by atoms with E-state index in [2.05, 4.69) is 5.32 Å². The second-order valence-corrected chi connectivity index (χ2v) is 3.63. The van der Waals surface area contributed by atoms with Gasteiger partial charge in [0, 0.05) is 51.5 Å². The van der Waals surface area contributed by atoms with Crippen LogP contribution in [0.25, 0.3) is 0 Å². The zero-order chi connectivity index (χ0) is 12.4. The topological polar surface area (TPSA) is 58.4 Å². The molecule has 0 unspecified atom stereocenters. The van der Waals surface area contributed by atoms with Crippen LogP contribution in [0, 0.1) is 11.6 Å². The third-order valence-corrected chi connectivity index (χ3v) is 2.38. The zero-order valence-corrected chi connectivity index (χ0v) is 10.8. The molecule has 0 bridgehead atoms. The second kappa shape index (κ2) is 5.94. The van der Waals surface area contributed by atoms with Gasteiger partial charge < -0.3 is 16.0 Å². The summed E-state index contributed by atoms with van der Waals surface area (Å²) in [5.41, 5.74) is 5.15. The summed E-state index contributed by atoms with van der Waals surface area (Å²) in [6.07, 6.45) is 2.57. The van der Waals surface area contributed by atoms with E-state index < -0.39 is 11.6 Å². The van der Waals surface area contributed by atoms with Crippen LogP contribution in [0.4, 0.5) is 20.2 Å². The minimum Gasteiger partial charge on any atom is -0.399 e. The van der Waals surface area contributed by atoms with Crippen LogP contribution < -0.4 is 16.0 Å². The first-order valence-electron chi connectivity index (χ1n) is 5.05. The summed E-state index contributed by atoms with van der Waals surface area (Å²) < 4.78 is 27.2. The van der Waals surface area contributed by atoms with Crippen LogP contribution in [-0.4, -0.2) is 19.0 Å². The number of rotatable bonds is 1. The first kappa shape index (κ1) is 14.6. The number of benzene rings is 1. The quantitative estimate of drug-likeness (QED) is 0.590. The van der Waals surface area contributed by atoms with E-state index in [-0.39, 0.29) is 37.7 Å². The molecule has 0 aliphatic carbocycles. The van der Waals surface area contributed by atoms with Gasteiger partial charge in [-0.3, -0.25) is 4.79 Å². The largest absolute Gasteiger partial charge is 0.399 e. The molecule has 0 spiro atoms. The number of hydrogen-bond acceptors (Lipinski definition) is 3. The van der Waals surface area contributed by atoms with E-state index in [0.29, 0.717) is 13.1 Å². The molecule has 0 radical (unpaired) electrons. The van der Waals surface area contributed by atoms with Gasteiger partial charge in [-0.15, -0.1) is 0 Å². The van der Waals surface area contributed by atoms with Crippen molar-refractivity contribution >= 4 is 17.3 Å². The minimum atomic E-state index is -0.749. The van der Waals surface area contributed by atoms with Crippen LogP contribution in [0.3, 0.4) is 0 Å². The molecule has 3 N–H and O–H groups in total. The summed E-state index contributed by atoms with van der Waals surface area (Å²) in [6.45, 7) is 0.606. The Morgan fingerprint density at radius 3 is 2.50 bits per heavy atom. The van der Waals surface area contributed by atoms with E-state index in [1.165, 1.54) is 17.2 Å². The van der Waals surface area contributed by atoms with Gasteiger partial charge in [0.15, 0.2) is 11.6 Å². The Hall–Kier alpha value is -1.45. The Morgan fingerprint density at radius 2 is 1.89 bits per heavy atom. The van der Waals surface area contributed by atoms with Gasteiger partial charge in [0.2, 0.25) is 5.91 Å². The number of nitrogens with one attached hydrogen (secondary N) is 1. The molecular formula is C11H11F2N3OPd. The maximum absolute atomic E-state index is 13.6. The summed E-state index contributed by atoms with van der Waals surface area (Å²) in [5, 5.41) is 2.56. The number of carbonyl (C=O) groups is 1. The summed E-state index contributed by atoms with van der Waals surface area (Å²) >= 11 is 0. The Morgan fingerprint density at radius 1 is 1.28 bits per heavy atom. The third-order valence-electron chi connectivity index (χ3n) is 2.38. The minimum absolute atomic E-state index is 0. The van der Waals surface area contributed by atoms with Crippen molar-refractivity contribution < 1.29 is 34.0 Å². The van der Waals surface area contributed by atoms with E-state index in [1.54, 1.807) is 0 Å². The van der Waals surface area contributed by atoms with E-state index in [0.717, 1.165) is 12.1 Å². The molecule has 1 amide bonds. The third kappa shape index (κ3) is 3.06. The average Bonchev–Trinajstić information content (AvgIpc) is 2.42. The van der Waals surface area contributed by atoms with Crippen molar-refractivity contribution in [2.45, 2.75) is 0 Å². The maximum atomic E-state index is 13.6. The Kier molecular flexibility index (Phi) is 4.82. The molecule has 1 aromatic carbocycles. The number of anilines is 2. The van der Waals surface area contributed by atoms with Crippen molar-refractivity contribution in [1.29, 1.82) is 0 Å². The summed E-state index contributed by atoms with van der Waals surface area (Å²) in [6, 6.07) is 2.10. The number of halogens is 2. The number of carbonyl (C=O) groups excluding carboxylic acids is 1. The summed E-state index contributed by atoms with van der Waals surface area (Å²) in [4.78, 5) is 12.4. The van der Waals surface area contributed by atoms with Crippen LogP contribution in [0.5, 0.6) is 0 Å². The summed E-state index contributed by atoms with van der Waals surface area (Å²) in [5.74, 6) is -1.79. The smallest absolute Gasteiger partial charge is 0.245 e. The van der Waals surface area contributed by atoms with Gasteiger partial charge >= 0.3 is 0 Å². The maximum Gasteiger partial charge on any atom is 0.245 e. The van der Waals surface area contributed by atoms with E-state index >= 15 is 0 Å². The molecule has 4 nitrogen and oxygen atoms in total. The fourth-order valence-electron chi connectivity index (χ4n) is 1.64. The van der Waals surface area contributed by atoms with Crippen molar-refractivity contribution in [1.82, 2.24) is 5.32 Å². The predicted octanol–water partition coefficient (Wildman–Crippen LogP) is 0.994. The van der Waals surface area contributed by atoms with Crippen LogP contribution >= 0.6 is 0 Å². The second-order valence-electron chi connectivity index (χ2n) is 3.63. The molecule has 0 saturated heterocycles. The van der Waals surface area contributed by atoms with Gasteiger partial charge in [-0.1, -0.05) is 0 Å². The number of nitrogen functional groups attached to an aromatic ring is 1. The molecule has 0 saturated carbocycles. The van der Waals surface area contributed by atoms with Gasteiger partial charge in [-0.2, -0.15) is 0 Å². The van der Waals surface area contributed by atoms with E-state index in [4.69, 9.17) is 5.73 Å². The predicted molar refractivity (Wildman–Crippen MR) is 60.3 cm³/mol. The molecule has 1 aliphatic heterocycles. The van der Waals surface area contributed by atoms with Crippen LogP contribution in [0.1, 0.15) is 0 Å². The fraction of sp³-hybridized carbons (Fsp3) is 0.182. The van der Waals surface area contributed by atoms with Crippen LogP contribution in [0.2, 0.25) is 0 Å². The molecular weight excluding hydrogens is 335 g/mol. The van der Waals surface area contributed by atoms with Gasteiger partial charge in [-0.05, 0) is 12.1 Å². The molecule has 7 heteroatoms. The molecule has 1 aromatic rings. The monoisotopic (exact) mass is 345 g/mol. The van der Waals surface area contributed by atoms with Crippen molar-refractivity contribution in [3.8, 4) is 0 Å². The molecule has 18 heavy (non-hydrogen) atoms. The van der Waals surface area contributed by atoms with Crippen LogP contribution in [0.15, 0.2) is 24.4 Å². The van der Waals surface area contributed by atoms with Gasteiger partial charge in [0.05, 0.1) is 0 Å². The SMILES string of the molecule is Nc1cc(F)c(N2C=CC(=O)NCC2)c(F)c1.[Pd]. The molecule has 0 aromatic heterocycles. The van der Waals surface area contributed by atoms with Crippen LogP contribution in [-0.2, 0) is 25.2 Å². The number of nitrogens with zero attached hydrogens (tertiary/aromatic N) is 1. The first-order valence-corrected chi connectivity index (χ1v) is 5.05. The molecule has 1 heterocycles. The average molecular weight is 346 g/mol. The fourth-order valence-corrected chi connectivity index (χ4v) is 1.64. The zero-order valence-electron chi connectivity index (χ0n) is 9.23. The first-order chi connectivity index (χ1) is 8.08. The molecule has 100 valence electrons. The molecule has 0 fully saturated rings. The number of amides is 1. The van der Waals surface area contributed by atoms with Crippen molar-refractivity contribution in [2.75, 3.05) is 23.7 Å². The van der Waals surface area contributed by atoms with Gasteiger partial charge in [0.25, 0.3) is 0 Å². The number of hydrogen-bond donors (Lipinski definition) is 2. The normalized spacial score (nSPS) is 14.8. The van der Waals surface area contributed by atoms with E-state index in [1.807, 2.05) is 0 Å². The molecule has 1 aliphatic rings. The van der Waals surface area contributed by atoms with E-state index in [9.17, 15) is 13.6 Å². The standard InChI is InChI=1S/C11H11F2N3O.Pd/c12-8-5-7(14)6-9(13)11(8)16-3-1-10(17)15-2-4-16;/h1,3,5-6H,2,4,14H2,(H,15,17);. The Balaban J connectivity index is 0.00000162. The Bertz CT molecular complexity index is 470. The van der Waals surface area contributed by atoms with Gasteiger partial charge in [-0.25, -0.2) is 8.78 Å². The van der Waals surface area contributed by atoms with Crippen molar-refractivity contribution in [2.24, 2.45) is 0 Å². The molecule has 0 atom stereocenters. The van der Waals surface area contributed by atoms with Gasteiger partial charge in [0.1, 0.15) is 5.69 Å². The number of nitrogens with two attached hydrogens (primary N) is 1. The summed E-state index contributed by atoms with van der Waals surface area (Å²) in [7, 11) is 0. The van der Waals surface area contributed by atoms with Crippen molar-refractivity contribution in [3.05, 3.63) is 36.0 Å². The Labute approximate surface area is 116 Å². The van der Waals surface area contributed by atoms with Crippen molar-refractivity contribution in [3.63, 3.8) is 0 Å². The molecule has 2 rings (SSSR count).